The minimum absolute atomic E-state index is 0.00678. The third-order valence-corrected chi connectivity index (χ3v) is 3.94. The molecule has 0 fully saturated rings. The van der Waals surface area contributed by atoms with Gasteiger partial charge in [-0.1, -0.05) is 41.9 Å². The Morgan fingerprint density at radius 3 is 2.62 bits per heavy atom. The monoisotopic (exact) mass is 365 g/mol. The maximum absolute atomic E-state index is 12.7. The second-order valence-corrected chi connectivity index (χ2v) is 5.88. The van der Waals surface area contributed by atoms with Gasteiger partial charge in [0.15, 0.2) is 5.43 Å². The number of nitrogen functional groups attached to an aromatic ring is 1. The van der Waals surface area contributed by atoms with Gasteiger partial charge >= 0.3 is 0 Å². The summed E-state index contributed by atoms with van der Waals surface area (Å²) < 4.78 is 11.3. The highest BCUT2D eigenvalue weighted by Gasteiger charge is 2.11. The summed E-state index contributed by atoms with van der Waals surface area (Å²) >= 11 is 5.84. The summed E-state index contributed by atoms with van der Waals surface area (Å²) in [5, 5.41) is 0.631. The van der Waals surface area contributed by atoms with Crippen LogP contribution in [0.1, 0.15) is 0 Å². The van der Waals surface area contributed by atoms with Gasteiger partial charge in [0.2, 0.25) is 11.8 Å². The first kappa shape index (κ1) is 16.1. The molecular weight excluding hydrogens is 354 g/mol. The molecular formula is C19H12ClN3O3. The Kier molecular flexibility index (Phi) is 4.02. The van der Waals surface area contributed by atoms with Crippen molar-refractivity contribution in [3.63, 3.8) is 0 Å². The van der Waals surface area contributed by atoms with Gasteiger partial charge < -0.3 is 14.9 Å². The Morgan fingerprint density at radius 2 is 1.85 bits per heavy atom. The molecule has 0 saturated heterocycles. The Balaban J connectivity index is 1.73. The minimum atomic E-state index is -0.113. The number of ether oxygens (including phenoxy) is 1. The summed E-state index contributed by atoms with van der Waals surface area (Å²) in [5.74, 6) is 0.639. The van der Waals surface area contributed by atoms with Gasteiger partial charge in [0.25, 0.3) is 0 Å². The van der Waals surface area contributed by atoms with Crippen molar-refractivity contribution in [2.45, 2.75) is 0 Å². The second-order valence-electron chi connectivity index (χ2n) is 5.49. The first-order valence-electron chi connectivity index (χ1n) is 7.69. The molecule has 0 amide bonds. The summed E-state index contributed by atoms with van der Waals surface area (Å²) in [6.07, 6.45) is 1.45. The maximum Gasteiger partial charge on any atom is 0.225 e. The molecule has 6 nitrogen and oxygen atoms in total. The van der Waals surface area contributed by atoms with E-state index in [9.17, 15) is 4.79 Å². The summed E-state index contributed by atoms with van der Waals surface area (Å²) in [4.78, 5) is 20.4. The lowest BCUT2D eigenvalue weighted by atomic mass is 10.1. The molecule has 0 atom stereocenters. The quantitative estimate of drug-likeness (QED) is 0.545. The lowest BCUT2D eigenvalue weighted by molar-refractivity contribution is 0.462. The van der Waals surface area contributed by atoms with Gasteiger partial charge in [-0.2, -0.15) is 4.98 Å². The van der Waals surface area contributed by atoms with E-state index in [0.717, 1.165) is 5.56 Å². The van der Waals surface area contributed by atoms with Gasteiger partial charge in [0.05, 0.1) is 10.9 Å². The highest BCUT2D eigenvalue weighted by atomic mass is 35.5. The number of anilines is 1. The number of benzene rings is 2. The molecule has 26 heavy (non-hydrogen) atoms. The van der Waals surface area contributed by atoms with Crippen LogP contribution in [0, 0.1) is 0 Å². The predicted octanol–water partition coefficient (Wildman–Crippen LogP) is 4.28. The summed E-state index contributed by atoms with van der Waals surface area (Å²) in [6.45, 7) is 0. The normalized spacial score (nSPS) is 10.8. The lowest BCUT2D eigenvalue weighted by Crippen LogP contribution is -2.04. The van der Waals surface area contributed by atoms with Crippen LogP contribution in [-0.4, -0.2) is 9.97 Å². The molecule has 0 aliphatic rings. The first-order valence-corrected chi connectivity index (χ1v) is 8.07. The van der Waals surface area contributed by atoms with Gasteiger partial charge in [-0.25, -0.2) is 4.98 Å². The lowest BCUT2D eigenvalue weighted by Gasteiger charge is -2.07. The summed E-state index contributed by atoms with van der Waals surface area (Å²) in [5.41, 5.74) is 7.14. The van der Waals surface area contributed by atoms with E-state index in [4.69, 9.17) is 26.5 Å². The number of nitrogens with two attached hydrogens (primary N) is 1. The zero-order valence-corrected chi connectivity index (χ0v) is 14.1. The SMILES string of the molecule is Nc1nc(Cl)cc(Oc2ccc3c(=O)c(-c4ccccc4)coc3c2)n1. The van der Waals surface area contributed by atoms with Gasteiger partial charge in [-0.3, -0.25) is 4.79 Å². The van der Waals surface area contributed by atoms with Crippen LogP contribution < -0.4 is 15.9 Å². The minimum Gasteiger partial charge on any atom is -0.463 e. The van der Waals surface area contributed by atoms with Crippen molar-refractivity contribution in [2.75, 3.05) is 5.73 Å². The fraction of sp³-hybridized carbons (Fsp3) is 0. The highest BCUT2D eigenvalue weighted by Crippen LogP contribution is 2.26. The van der Waals surface area contributed by atoms with Crippen LogP contribution >= 0.6 is 11.6 Å². The van der Waals surface area contributed by atoms with E-state index in [1.165, 1.54) is 12.3 Å². The number of rotatable bonds is 3. The average molecular weight is 366 g/mol. The van der Waals surface area contributed by atoms with Crippen molar-refractivity contribution >= 4 is 28.5 Å². The molecule has 0 unspecified atom stereocenters. The number of hydrogen-bond donors (Lipinski definition) is 1. The van der Waals surface area contributed by atoms with E-state index in [2.05, 4.69) is 9.97 Å². The van der Waals surface area contributed by atoms with E-state index in [1.807, 2.05) is 30.3 Å². The van der Waals surface area contributed by atoms with E-state index in [1.54, 1.807) is 18.2 Å². The molecule has 2 aromatic heterocycles. The van der Waals surface area contributed by atoms with Crippen LogP contribution in [0.25, 0.3) is 22.1 Å². The van der Waals surface area contributed by atoms with Gasteiger partial charge in [0, 0.05) is 12.1 Å². The molecule has 0 bridgehead atoms. The average Bonchev–Trinajstić information content (AvgIpc) is 2.62. The van der Waals surface area contributed by atoms with Crippen LogP contribution in [0.15, 0.2) is 70.1 Å². The molecule has 2 aromatic carbocycles. The third-order valence-electron chi connectivity index (χ3n) is 3.74. The third kappa shape index (κ3) is 3.10. The van der Waals surface area contributed by atoms with Crippen molar-refractivity contribution in [1.82, 2.24) is 9.97 Å². The van der Waals surface area contributed by atoms with Crippen LogP contribution in [0.2, 0.25) is 5.15 Å². The zero-order chi connectivity index (χ0) is 18.1. The largest absolute Gasteiger partial charge is 0.463 e. The fourth-order valence-corrected chi connectivity index (χ4v) is 2.76. The molecule has 0 radical (unpaired) electrons. The predicted molar refractivity (Wildman–Crippen MR) is 99.4 cm³/mol. The van der Waals surface area contributed by atoms with E-state index in [-0.39, 0.29) is 22.4 Å². The molecule has 2 N–H and O–H groups in total. The van der Waals surface area contributed by atoms with Crippen molar-refractivity contribution in [2.24, 2.45) is 0 Å². The number of halogens is 1. The Labute approximate surface area is 152 Å². The molecule has 4 rings (SSSR count). The summed E-state index contributed by atoms with van der Waals surface area (Å²) in [7, 11) is 0. The Bertz CT molecular complexity index is 1140. The molecule has 0 aliphatic carbocycles. The fourth-order valence-electron chi connectivity index (χ4n) is 2.58. The number of aromatic nitrogens is 2. The van der Waals surface area contributed by atoms with Gasteiger partial charge in [-0.05, 0) is 17.7 Å². The standard InChI is InChI=1S/C19H12ClN3O3/c20-16-9-17(23-19(21)22-16)26-12-6-7-13-15(8-12)25-10-14(18(13)24)11-4-2-1-3-5-11/h1-10H,(H2,21,22,23). The van der Waals surface area contributed by atoms with Crippen LogP contribution in [0.4, 0.5) is 5.95 Å². The Morgan fingerprint density at radius 1 is 1.04 bits per heavy atom. The van der Waals surface area contributed by atoms with Crippen molar-refractivity contribution in [3.8, 4) is 22.8 Å². The van der Waals surface area contributed by atoms with E-state index >= 15 is 0 Å². The number of hydrogen-bond acceptors (Lipinski definition) is 6. The maximum atomic E-state index is 12.7. The molecule has 0 saturated carbocycles. The van der Waals surface area contributed by atoms with E-state index in [0.29, 0.717) is 22.3 Å². The van der Waals surface area contributed by atoms with Gasteiger partial charge in [0.1, 0.15) is 22.7 Å². The smallest absolute Gasteiger partial charge is 0.225 e. The van der Waals surface area contributed by atoms with E-state index < -0.39 is 0 Å². The van der Waals surface area contributed by atoms with Crippen molar-refractivity contribution in [1.29, 1.82) is 0 Å². The Hall–Kier alpha value is -3.38. The van der Waals surface area contributed by atoms with Crippen LogP contribution in [0.5, 0.6) is 11.6 Å². The second kappa shape index (κ2) is 6.50. The molecule has 0 aliphatic heterocycles. The summed E-state index contributed by atoms with van der Waals surface area (Å²) in [6, 6.07) is 15.7. The number of nitrogens with zero attached hydrogens (tertiary/aromatic N) is 2. The molecule has 0 spiro atoms. The molecule has 4 aromatic rings. The molecule has 128 valence electrons. The zero-order valence-electron chi connectivity index (χ0n) is 13.3. The van der Waals surface area contributed by atoms with Crippen LogP contribution in [0.3, 0.4) is 0 Å². The number of fused-ring (bicyclic) bond motifs is 1. The van der Waals surface area contributed by atoms with Crippen molar-refractivity contribution < 1.29 is 9.15 Å². The van der Waals surface area contributed by atoms with Crippen molar-refractivity contribution in [3.05, 3.63) is 76.2 Å². The van der Waals surface area contributed by atoms with Crippen LogP contribution in [-0.2, 0) is 0 Å². The molecule has 2 heterocycles. The molecule has 7 heteroatoms. The topological polar surface area (TPSA) is 91.2 Å². The highest BCUT2D eigenvalue weighted by molar-refractivity contribution is 6.29. The van der Waals surface area contributed by atoms with Gasteiger partial charge in [-0.15, -0.1) is 0 Å². The first-order chi connectivity index (χ1) is 12.6.